The highest BCUT2D eigenvalue weighted by atomic mass is 35.5. The third kappa shape index (κ3) is 5.89. The minimum atomic E-state index is -4.54. The summed E-state index contributed by atoms with van der Waals surface area (Å²) in [5.74, 6) is -0.414. The number of hydrogen-bond donors (Lipinski definition) is 0. The smallest absolute Gasteiger partial charge is 0.375 e. The Balaban J connectivity index is 1.30. The van der Waals surface area contributed by atoms with E-state index in [0.717, 1.165) is 17.0 Å². The number of rotatable bonds is 5. The van der Waals surface area contributed by atoms with E-state index >= 15 is 0 Å². The normalized spacial score (nSPS) is 19.1. The van der Waals surface area contributed by atoms with Crippen LogP contribution in [0.5, 0.6) is 0 Å². The fourth-order valence-corrected chi connectivity index (χ4v) is 6.00. The van der Waals surface area contributed by atoms with Gasteiger partial charge in [0.25, 0.3) is 5.91 Å². The van der Waals surface area contributed by atoms with Crippen LogP contribution in [-0.2, 0) is 27.0 Å². The van der Waals surface area contributed by atoms with Crippen molar-refractivity contribution < 1.29 is 27.5 Å². The second-order valence-electron chi connectivity index (χ2n) is 9.55. The van der Waals surface area contributed by atoms with Gasteiger partial charge in [0.1, 0.15) is 6.61 Å². The topological polar surface area (TPSA) is 80.0 Å². The number of carbonyl (C=O) groups is 2. The Hall–Kier alpha value is -3.35. The van der Waals surface area contributed by atoms with Crippen molar-refractivity contribution in [2.75, 3.05) is 33.4 Å². The van der Waals surface area contributed by atoms with E-state index in [2.05, 4.69) is 10.1 Å². The summed E-state index contributed by atoms with van der Waals surface area (Å²) in [6, 6.07) is 9.06. The van der Waals surface area contributed by atoms with Crippen molar-refractivity contribution in [1.82, 2.24) is 19.6 Å². The van der Waals surface area contributed by atoms with Gasteiger partial charge in [-0.2, -0.15) is 23.3 Å². The Morgan fingerprint density at radius 3 is 2.75 bits per heavy atom. The van der Waals surface area contributed by atoms with E-state index in [1.807, 2.05) is 17.9 Å². The summed E-state index contributed by atoms with van der Waals surface area (Å²) in [7, 11) is 1.49. The average molecular weight is 592 g/mol. The number of carbonyl (C=O) groups excluding carboxylic acids is 2. The largest absolute Gasteiger partial charge is 0.416 e. The van der Waals surface area contributed by atoms with Crippen LogP contribution in [0.15, 0.2) is 52.5 Å². The molecule has 2 amide bonds. The van der Waals surface area contributed by atoms with Gasteiger partial charge in [0.2, 0.25) is 5.91 Å². The highest BCUT2D eigenvalue weighted by Gasteiger charge is 2.34. The number of amides is 2. The van der Waals surface area contributed by atoms with Gasteiger partial charge in [0.15, 0.2) is 5.17 Å². The van der Waals surface area contributed by atoms with Crippen LogP contribution in [0, 0.1) is 0 Å². The number of aliphatic imine (C=N–C) groups is 1. The minimum Gasteiger partial charge on any atom is -0.375 e. The molecule has 1 atom stereocenters. The number of hydrogen-bond acceptors (Lipinski definition) is 6. The van der Waals surface area contributed by atoms with E-state index in [0.29, 0.717) is 35.2 Å². The molecule has 0 saturated carbocycles. The van der Waals surface area contributed by atoms with E-state index in [1.54, 1.807) is 29.3 Å². The van der Waals surface area contributed by atoms with E-state index < -0.39 is 11.7 Å². The van der Waals surface area contributed by atoms with Gasteiger partial charge in [-0.05, 0) is 60.2 Å². The van der Waals surface area contributed by atoms with Gasteiger partial charge >= 0.3 is 6.18 Å². The summed E-state index contributed by atoms with van der Waals surface area (Å²) in [5, 5.41) is 5.63. The highest BCUT2D eigenvalue weighted by molar-refractivity contribution is 8.18. The third-order valence-electron chi connectivity index (χ3n) is 6.76. The molecule has 2 aliphatic rings. The fraction of sp³-hybridized carbons (Fsp3) is 0.333. The van der Waals surface area contributed by atoms with Gasteiger partial charge in [0.05, 0.1) is 28.7 Å². The van der Waals surface area contributed by atoms with Crippen LogP contribution < -0.4 is 0 Å². The number of aromatic nitrogens is 2. The molecule has 40 heavy (non-hydrogen) atoms. The molecular weight excluding hydrogens is 567 g/mol. The monoisotopic (exact) mass is 591 g/mol. The maximum absolute atomic E-state index is 13.5. The standard InChI is InChI=1S/C27H25ClF3N5O3S/c1-16-13-34(24(37)15-39-2)7-8-35(16)26-33-25(38)23(40-26)10-17-3-6-22-19(9-17)12-32-36(22)14-18-4-5-20(28)11-21(18)27(29,30)31/h3-6,9-12,16H,7-8,13-15H2,1-2H3/b23-10-/t16-/m1/s1. The van der Waals surface area contributed by atoms with Crippen molar-refractivity contribution in [1.29, 1.82) is 0 Å². The van der Waals surface area contributed by atoms with Crippen LogP contribution in [0.4, 0.5) is 13.2 Å². The van der Waals surface area contributed by atoms with Crippen LogP contribution in [-0.4, -0.2) is 76.0 Å². The Labute approximate surface area is 237 Å². The molecule has 3 aromatic rings. The van der Waals surface area contributed by atoms with Gasteiger partial charge in [-0.1, -0.05) is 23.7 Å². The highest BCUT2D eigenvalue weighted by Crippen LogP contribution is 2.35. The number of alkyl halides is 3. The molecule has 2 aliphatic heterocycles. The molecule has 1 fully saturated rings. The number of halogens is 4. The van der Waals surface area contributed by atoms with Crippen LogP contribution in [0.1, 0.15) is 23.6 Å². The number of piperazine rings is 1. The van der Waals surface area contributed by atoms with Gasteiger partial charge in [0, 0.05) is 43.2 Å². The van der Waals surface area contributed by atoms with Gasteiger partial charge < -0.3 is 14.5 Å². The van der Waals surface area contributed by atoms with E-state index in [4.69, 9.17) is 16.3 Å². The summed E-state index contributed by atoms with van der Waals surface area (Å²) < 4.78 is 47.1. The van der Waals surface area contributed by atoms with E-state index in [-0.39, 0.29) is 41.6 Å². The first-order valence-corrected chi connectivity index (χ1v) is 13.6. The summed E-state index contributed by atoms with van der Waals surface area (Å²) in [6.07, 6.45) is -1.22. The Morgan fingerprint density at radius 1 is 1.23 bits per heavy atom. The van der Waals surface area contributed by atoms with Crippen molar-refractivity contribution in [3.63, 3.8) is 0 Å². The number of benzene rings is 2. The molecule has 5 rings (SSSR count). The lowest BCUT2D eigenvalue weighted by molar-refractivity contribution is -0.138. The lowest BCUT2D eigenvalue weighted by atomic mass is 10.1. The molecule has 3 heterocycles. The molecule has 1 aromatic heterocycles. The molecule has 210 valence electrons. The van der Waals surface area contributed by atoms with Crippen LogP contribution in [0.25, 0.3) is 17.0 Å². The van der Waals surface area contributed by atoms with Gasteiger partial charge in [-0.15, -0.1) is 0 Å². The van der Waals surface area contributed by atoms with Crippen LogP contribution in [0.2, 0.25) is 5.02 Å². The second kappa shape index (κ2) is 11.3. The van der Waals surface area contributed by atoms with E-state index in [1.165, 1.54) is 35.7 Å². The van der Waals surface area contributed by atoms with Crippen molar-refractivity contribution in [3.05, 3.63) is 69.2 Å². The predicted octanol–water partition coefficient (Wildman–Crippen LogP) is 4.91. The maximum Gasteiger partial charge on any atom is 0.416 e. The van der Waals surface area contributed by atoms with Crippen molar-refractivity contribution in [3.8, 4) is 0 Å². The number of thioether (sulfide) groups is 1. The zero-order valence-electron chi connectivity index (χ0n) is 21.6. The number of nitrogens with zero attached hydrogens (tertiary/aromatic N) is 5. The molecule has 0 bridgehead atoms. The van der Waals surface area contributed by atoms with Gasteiger partial charge in [-0.3, -0.25) is 14.3 Å². The molecule has 0 aliphatic carbocycles. The molecule has 13 heteroatoms. The zero-order chi connectivity index (χ0) is 28.6. The molecule has 0 spiro atoms. The first kappa shape index (κ1) is 28.2. The Morgan fingerprint density at radius 2 is 2.02 bits per heavy atom. The fourth-order valence-electron chi connectivity index (χ4n) is 4.79. The van der Waals surface area contributed by atoms with Crippen LogP contribution in [0.3, 0.4) is 0 Å². The molecule has 0 N–H and O–H groups in total. The van der Waals surface area contributed by atoms with Crippen molar-refractivity contribution in [2.24, 2.45) is 4.99 Å². The molecule has 2 aromatic carbocycles. The van der Waals surface area contributed by atoms with Crippen molar-refractivity contribution >= 4 is 57.3 Å². The number of ether oxygens (including phenoxy) is 1. The predicted molar refractivity (Wildman–Crippen MR) is 148 cm³/mol. The lowest BCUT2D eigenvalue weighted by Gasteiger charge is -2.40. The summed E-state index contributed by atoms with van der Waals surface area (Å²) >= 11 is 7.08. The minimum absolute atomic E-state index is 0.0134. The zero-order valence-corrected chi connectivity index (χ0v) is 23.2. The molecule has 8 nitrogen and oxygen atoms in total. The number of methoxy groups -OCH3 is 1. The lowest BCUT2D eigenvalue weighted by Crippen LogP contribution is -2.55. The third-order valence-corrected chi connectivity index (χ3v) is 8.02. The SMILES string of the molecule is COCC(=O)N1CCN(C2=NC(=O)/C(=C/c3ccc4c(cnn4Cc4ccc(Cl)cc4C(F)(F)F)c3)S2)[C@H](C)C1. The molecular formula is C27H25ClF3N5O3S. The molecule has 1 saturated heterocycles. The Kier molecular flexibility index (Phi) is 7.94. The summed E-state index contributed by atoms with van der Waals surface area (Å²) in [6.45, 7) is 3.51. The Bertz CT molecular complexity index is 1540. The van der Waals surface area contributed by atoms with Gasteiger partial charge in [-0.25, -0.2) is 0 Å². The first-order chi connectivity index (χ1) is 19.0. The summed E-state index contributed by atoms with van der Waals surface area (Å²) in [5.41, 5.74) is 0.658. The summed E-state index contributed by atoms with van der Waals surface area (Å²) in [4.78, 5) is 33.3. The number of fused-ring (bicyclic) bond motifs is 1. The quantitative estimate of drug-likeness (QED) is 0.393. The molecule has 0 radical (unpaired) electrons. The number of amidine groups is 1. The average Bonchev–Trinajstić information content (AvgIpc) is 3.47. The van der Waals surface area contributed by atoms with Crippen molar-refractivity contribution in [2.45, 2.75) is 25.7 Å². The second-order valence-corrected chi connectivity index (χ2v) is 11.0. The van der Waals surface area contributed by atoms with Crippen LogP contribution >= 0.6 is 23.4 Å². The first-order valence-electron chi connectivity index (χ1n) is 12.4. The maximum atomic E-state index is 13.5. The molecule has 0 unspecified atom stereocenters. The van der Waals surface area contributed by atoms with E-state index in [9.17, 15) is 22.8 Å².